The molecule has 2 aromatic carbocycles. The van der Waals surface area contributed by atoms with E-state index in [2.05, 4.69) is 26.2 Å². The number of H-pyrrole nitrogens is 1. The summed E-state index contributed by atoms with van der Waals surface area (Å²) in [5.41, 5.74) is 2.09. The smallest absolute Gasteiger partial charge is 0.296 e. The van der Waals surface area contributed by atoms with Crippen LogP contribution in [0.3, 0.4) is 0 Å². The molecule has 0 saturated carbocycles. The van der Waals surface area contributed by atoms with Crippen LogP contribution in [0.25, 0.3) is 10.9 Å². The van der Waals surface area contributed by atoms with Crippen molar-refractivity contribution in [2.24, 2.45) is 0 Å². The van der Waals surface area contributed by atoms with E-state index in [1.54, 1.807) is 12.1 Å². The van der Waals surface area contributed by atoms with Gasteiger partial charge in [0.1, 0.15) is 5.82 Å². The van der Waals surface area contributed by atoms with Crippen molar-refractivity contribution in [3.8, 4) is 0 Å². The van der Waals surface area contributed by atoms with Gasteiger partial charge < -0.3 is 10.3 Å². The van der Waals surface area contributed by atoms with Crippen molar-refractivity contribution >= 4 is 44.2 Å². The van der Waals surface area contributed by atoms with E-state index in [0.717, 1.165) is 10.0 Å². The van der Waals surface area contributed by atoms with Crippen LogP contribution in [0.5, 0.6) is 0 Å². The Morgan fingerprint density at radius 3 is 2.70 bits per heavy atom. The fourth-order valence-electron chi connectivity index (χ4n) is 2.36. The maximum Gasteiger partial charge on any atom is 0.296 e. The number of aromatic nitrogens is 1. The van der Waals surface area contributed by atoms with E-state index in [9.17, 15) is 14.0 Å². The molecule has 0 aliphatic heterocycles. The Hall–Kier alpha value is -2.47. The van der Waals surface area contributed by atoms with Crippen LogP contribution in [-0.4, -0.2) is 16.7 Å². The molecule has 1 amide bonds. The number of hydrogen-bond acceptors (Lipinski definition) is 2. The number of rotatable bonds is 3. The number of aromatic amines is 1. The number of fused-ring (bicyclic) bond motifs is 1. The Bertz CT molecular complexity index is 933. The summed E-state index contributed by atoms with van der Waals surface area (Å²) in [6.45, 7) is 1.83. The van der Waals surface area contributed by atoms with Crippen LogP contribution in [0.1, 0.15) is 15.9 Å². The Morgan fingerprint density at radius 2 is 1.96 bits per heavy atom. The number of carbonyl (C=O) groups is 2. The van der Waals surface area contributed by atoms with Gasteiger partial charge in [-0.3, -0.25) is 9.59 Å². The second kappa shape index (κ2) is 5.96. The number of benzene rings is 2. The van der Waals surface area contributed by atoms with Crippen LogP contribution in [0.2, 0.25) is 0 Å². The molecular formula is C17H12BrFN2O2. The summed E-state index contributed by atoms with van der Waals surface area (Å²) < 4.78 is 14.1. The first kappa shape index (κ1) is 15.4. The van der Waals surface area contributed by atoms with Gasteiger partial charge in [0.05, 0.1) is 5.56 Å². The normalized spacial score (nSPS) is 10.7. The van der Waals surface area contributed by atoms with Crippen molar-refractivity contribution in [3.63, 3.8) is 0 Å². The van der Waals surface area contributed by atoms with Crippen LogP contribution >= 0.6 is 15.9 Å². The summed E-state index contributed by atoms with van der Waals surface area (Å²) in [5, 5.41) is 3.12. The molecule has 1 heterocycles. The van der Waals surface area contributed by atoms with E-state index in [-0.39, 0.29) is 5.56 Å². The molecular weight excluding hydrogens is 363 g/mol. The van der Waals surface area contributed by atoms with Crippen LogP contribution < -0.4 is 5.32 Å². The molecule has 0 aliphatic rings. The van der Waals surface area contributed by atoms with Gasteiger partial charge in [0.15, 0.2) is 0 Å². The summed E-state index contributed by atoms with van der Waals surface area (Å²) in [4.78, 5) is 27.4. The van der Waals surface area contributed by atoms with Gasteiger partial charge in [-0.1, -0.05) is 15.9 Å². The van der Waals surface area contributed by atoms with E-state index < -0.39 is 17.5 Å². The van der Waals surface area contributed by atoms with Crippen molar-refractivity contribution in [2.45, 2.75) is 6.92 Å². The van der Waals surface area contributed by atoms with Crippen LogP contribution in [0.15, 0.2) is 47.1 Å². The Morgan fingerprint density at radius 1 is 1.17 bits per heavy atom. The number of ketones is 1. The highest BCUT2D eigenvalue weighted by Crippen LogP contribution is 2.22. The average Bonchev–Trinajstić information content (AvgIpc) is 2.92. The number of anilines is 1. The minimum Gasteiger partial charge on any atom is -0.360 e. The molecule has 116 valence electrons. The first-order valence-corrected chi connectivity index (χ1v) is 7.63. The fourth-order valence-corrected chi connectivity index (χ4v) is 2.83. The predicted octanol–water partition coefficient (Wildman–Crippen LogP) is 4.20. The van der Waals surface area contributed by atoms with Gasteiger partial charge in [-0.05, 0) is 48.9 Å². The van der Waals surface area contributed by atoms with Crippen molar-refractivity contribution in [2.75, 3.05) is 5.32 Å². The highest BCUT2D eigenvalue weighted by molar-refractivity contribution is 9.10. The van der Waals surface area contributed by atoms with E-state index in [4.69, 9.17) is 0 Å². The van der Waals surface area contributed by atoms with Crippen molar-refractivity contribution in [1.82, 2.24) is 4.98 Å². The SMILES string of the molecule is Cc1cc(Br)ccc1NC(=O)C(=O)c1c[nH]c2cc(F)ccc12. The highest BCUT2D eigenvalue weighted by atomic mass is 79.9. The number of carbonyl (C=O) groups excluding carboxylic acids is 2. The summed E-state index contributed by atoms with van der Waals surface area (Å²) in [6, 6.07) is 9.35. The van der Waals surface area contributed by atoms with E-state index in [0.29, 0.717) is 16.6 Å². The number of Topliss-reactive ketones (excluding diaryl/α,β-unsaturated/α-hetero) is 1. The zero-order chi connectivity index (χ0) is 16.6. The number of aryl methyl sites for hydroxylation is 1. The molecule has 0 fully saturated rings. The predicted molar refractivity (Wildman–Crippen MR) is 90.1 cm³/mol. The molecule has 0 aliphatic carbocycles. The number of halogens is 2. The summed E-state index contributed by atoms with van der Waals surface area (Å²) in [5.74, 6) is -1.82. The minimum atomic E-state index is -0.736. The molecule has 0 unspecified atom stereocenters. The Kier molecular flexibility index (Phi) is 4.00. The van der Waals surface area contributed by atoms with Gasteiger partial charge in [0.25, 0.3) is 11.7 Å². The third-order valence-electron chi connectivity index (χ3n) is 3.53. The summed E-state index contributed by atoms with van der Waals surface area (Å²) >= 11 is 3.34. The van der Waals surface area contributed by atoms with Gasteiger partial charge >= 0.3 is 0 Å². The van der Waals surface area contributed by atoms with Gasteiger partial charge in [-0.15, -0.1) is 0 Å². The number of hydrogen-bond donors (Lipinski definition) is 2. The summed E-state index contributed by atoms with van der Waals surface area (Å²) in [6.07, 6.45) is 1.42. The van der Waals surface area contributed by atoms with Crippen molar-refractivity contribution < 1.29 is 14.0 Å². The lowest BCUT2D eigenvalue weighted by molar-refractivity contribution is -0.112. The van der Waals surface area contributed by atoms with Gasteiger partial charge in [0, 0.05) is 27.3 Å². The Balaban J connectivity index is 1.88. The molecule has 23 heavy (non-hydrogen) atoms. The Labute approximate surface area is 139 Å². The maximum absolute atomic E-state index is 13.2. The standard InChI is InChI=1S/C17H12BrFN2O2/c1-9-6-10(18)2-5-14(9)21-17(23)16(22)13-8-20-15-7-11(19)3-4-12(13)15/h2-8,20H,1H3,(H,21,23). The first-order valence-electron chi connectivity index (χ1n) is 6.84. The second-order valence-electron chi connectivity index (χ2n) is 5.13. The molecule has 0 atom stereocenters. The monoisotopic (exact) mass is 374 g/mol. The van der Waals surface area contributed by atoms with Crippen LogP contribution in [0, 0.1) is 12.7 Å². The van der Waals surface area contributed by atoms with E-state index in [1.165, 1.54) is 24.4 Å². The number of amides is 1. The largest absolute Gasteiger partial charge is 0.360 e. The third-order valence-corrected chi connectivity index (χ3v) is 4.02. The average molecular weight is 375 g/mol. The topological polar surface area (TPSA) is 62.0 Å². The molecule has 0 spiro atoms. The lowest BCUT2D eigenvalue weighted by Gasteiger charge is -2.07. The molecule has 3 aromatic rings. The highest BCUT2D eigenvalue weighted by Gasteiger charge is 2.20. The van der Waals surface area contributed by atoms with Gasteiger partial charge in [0.2, 0.25) is 0 Å². The minimum absolute atomic E-state index is 0.215. The fraction of sp³-hybridized carbons (Fsp3) is 0.0588. The zero-order valence-corrected chi connectivity index (χ0v) is 13.7. The molecule has 3 rings (SSSR count). The number of nitrogens with one attached hydrogen (secondary N) is 2. The lowest BCUT2D eigenvalue weighted by Crippen LogP contribution is -2.23. The molecule has 1 aromatic heterocycles. The first-order chi connectivity index (χ1) is 11.0. The molecule has 0 radical (unpaired) electrons. The molecule has 6 heteroatoms. The van der Waals surface area contributed by atoms with Gasteiger partial charge in [-0.25, -0.2) is 4.39 Å². The van der Waals surface area contributed by atoms with Crippen LogP contribution in [-0.2, 0) is 4.79 Å². The van der Waals surface area contributed by atoms with E-state index in [1.807, 2.05) is 13.0 Å². The van der Waals surface area contributed by atoms with Crippen molar-refractivity contribution in [1.29, 1.82) is 0 Å². The molecule has 4 nitrogen and oxygen atoms in total. The van der Waals surface area contributed by atoms with Crippen molar-refractivity contribution in [3.05, 3.63) is 64.0 Å². The molecule has 0 bridgehead atoms. The molecule has 2 N–H and O–H groups in total. The molecule has 0 saturated heterocycles. The lowest BCUT2D eigenvalue weighted by atomic mass is 10.1. The summed E-state index contributed by atoms with van der Waals surface area (Å²) in [7, 11) is 0. The second-order valence-corrected chi connectivity index (χ2v) is 6.05. The van der Waals surface area contributed by atoms with E-state index >= 15 is 0 Å². The zero-order valence-electron chi connectivity index (χ0n) is 12.1. The van der Waals surface area contributed by atoms with Crippen LogP contribution in [0.4, 0.5) is 10.1 Å². The van der Waals surface area contributed by atoms with Gasteiger partial charge in [-0.2, -0.15) is 0 Å². The maximum atomic E-state index is 13.2. The third kappa shape index (κ3) is 3.03. The quantitative estimate of drug-likeness (QED) is 0.533.